The van der Waals surface area contributed by atoms with Crippen LogP contribution in [-0.4, -0.2) is 21.6 Å². The molecule has 2 heterocycles. The number of rotatable bonds is 3. The van der Waals surface area contributed by atoms with Crippen LogP contribution in [-0.2, 0) is 5.88 Å². The Kier molecular flexibility index (Phi) is 3.32. The number of alkyl halides is 1. The molecule has 0 atom stereocenters. The molecule has 0 saturated heterocycles. The van der Waals surface area contributed by atoms with Gasteiger partial charge in [-0.2, -0.15) is 0 Å². The summed E-state index contributed by atoms with van der Waals surface area (Å²) in [6.45, 7) is 2.04. The summed E-state index contributed by atoms with van der Waals surface area (Å²) in [6.07, 6.45) is 3.51. The zero-order valence-corrected chi connectivity index (χ0v) is 12.1. The Labute approximate surface area is 122 Å². The van der Waals surface area contributed by atoms with Gasteiger partial charge < -0.3 is 4.74 Å². The molecular formula is C15H14ClN3O. The van der Waals surface area contributed by atoms with E-state index in [4.69, 9.17) is 16.3 Å². The van der Waals surface area contributed by atoms with Gasteiger partial charge in [-0.25, -0.2) is 4.98 Å². The van der Waals surface area contributed by atoms with E-state index in [1.165, 1.54) is 0 Å². The van der Waals surface area contributed by atoms with Crippen LogP contribution in [0.3, 0.4) is 0 Å². The summed E-state index contributed by atoms with van der Waals surface area (Å²) in [6, 6.07) is 7.90. The van der Waals surface area contributed by atoms with Gasteiger partial charge >= 0.3 is 0 Å². The molecule has 0 saturated carbocycles. The van der Waals surface area contributed by atoms with Crippen molar-refractivity contribution < 1.29 is 4.74 Å². The number of methoxy groups -OCH3 is 1. The second kappa shape index (κ2) is 5.13. The number of ether oxygens (including phenoxy) is 1. The number of aromatic nitrogens is 3. The molecule has 4 nitrogen and oxygen atoms in total. The highest BCUT2D eigenvalue weighted by Crippen LogP contribution is 2.26. The third-order valence-corrected chi connectivity index (χ3v) is 3.53. The van der Waals surface area contributed by atoms with E-state index < -0.39 is 0 Å². The zero-order chi connectivity index (χ0) is 14.1. The van der Waals surface area contributed by atoms with Crippen LogP contribution in [0.5, 0.6) is 5.75 Å². The maximum Gasteiger partial charge on any atom is 0.129 e. The summed E-state index contributed by atoms with van der Waals surface area (Å²) >= 11 is 6.04. The van der Waals surface area contributed by atoms with Crippen molar-refractivity contribution in [3.05, 3.63) is 48.0 Å². The number of fused-ring (bicyclic) bond motifs is 1. The molecule has 0 aliphatic rings. The minimum absolute atomic E-state index is 0.347. The molecule has 0 N–H and O–H groups in total. The van der Waals surface area contributed by atoms with Crippen LogP contribution in [0.2, 0.25) is 0 Å². The Hall–Kier alpha value is -2.07. The zero-order valence-electron chi connectivity index (χ0n) is 11.3. The van der Waals surface area contributed by atoms with E-state index in [1.807, 2.05) is 31.2 Å². The standard InChI is InChI=1S/C15H14ClN3O/c1-10-7-11(20-2)3-4-13(10)19-14-5-6-17-9-12(14)18-15(19)8-16/h3-7,9H,8H2,1-2H3. The lowest BCUT2D eigenvalue weighted by Crippen LogP contribution is -2.01. The predicted molar refractivity (Wildman–Crippen MR) is 79.7 cm³/mol. The molecule has 0 radical (unpaired) electrons. The van der Waals surface area contributed by atoms with Crippen molar-refractivity contribution in [2.45, 2.75) is 12.8 Å². The molecule has 0 aliphatic carbocycles. The summed E-state index contributed by atoms with van der Waals surface area (Å²) in [5.74, 6) is 1.99. The predicted octanol–water partition coefficient (Wildman–Crippen LogP) is 3.48. The SMILES string of the molecule is COc1ccc(-n2c(CCl)nc3cnccc32)c(C)c1. The number of aryl methyl sites for hydroxylation is 1. The largest absolute Gasteiger partial charge is 0.497 e. The van der Waals surface area contributed by atoms with Crippen LogP contribution in [0.4, 0.5) is 0 Å². The molecule has 3 rings (SSSR count). The van der Waals surface area contributed by atoms with Gasteiger partial charge in [0.25, 0.3) is 0 Å². The number of hydrogen-bond acceptors (Lipinski definition) is 3. The van der Waals surface area contributed by atoms with E-state index in [1.54, 1.807) is 19.5 Å². The molecule has 0 bridgehead atoms. The van der Waals surface area contributed by atoms with E-state index in [2.05, 4.69) is 14.5 Å². The first kappa shape index (κ1) is 12.9. The number of nitrogens with zero attached hydrogens (tertiary/aromatic N) is 3. The van der Waals surface area contributed by atoms with Gasteiger partial charge in [0, 0.05) is 6.20 Å². The fourth-order valence-electron chi connectivity index (χ4n) is 2.35. The number of hydrogen-bond donors (Lipinski definition) is 0. The summed E-state index contributed by atoms with van der Waals surface area (Å²) in [5, 5.41) is 0. The Bertz CT molecular complexity index is 767. The van der Waals surface area contributed by atoms with Crippen LogP contribution in [0, 0.1) is 6.92 Å². The van der Waals surface area contributed by atoms with Gasteiger partial charge in [0.05, 0.1) is 30.4 Å². The number of halogens is 1. The molecule has 2 aromatic heterocycles. The molecule has 102 valence electrons. The highest BCUT2D eigenvalue weighted by molar-refractivity contribution is 6.17. The average Bonchev–Trinajstić information content (AvgIpc) is 2.85. The molecular weight excluding hydrogens is 274 g/mol. The van der Waals surface area contributed by atoms with Crippen molar-refractivity contribution in [2.75, 3.05) is 7.11 Å². The Morgan fingerprint density at radius 2 is 2.15 bits per heavy atom. The lowest BCUT2D eigenvalue weighted by atomic mass is 10.2. The summed E-state index contributed by atoms with van der Waals surface area (Å²) in [4.78, 5) is 8.63. The third-order valence-electron chi connectivity index (χ3n) is 3.29. The van der Waals surface area contributed by atoms with Gasteiger partial charge in [0.1, 0.15) is 17.1 Å². The van der Waals surface area contributed by atoms with Crippen LogP contribution in [0.25, 0.3) is 16.7 Å². The molecule has 0 spiro atoms. The van der Waals surface area contributed by atoms with Crippen molar-refractivity contribution in [3.63, 3.8) is 0 Å². The number of benzene rings is 1. The fourth-order valence-corrected chi connectivity index (χ4v) is 2.53. The Morgan fingerprint density at radius 3 is 2.85 bits per heavy atom. The van der Waals surface area contributed by atoms with Gasteiger partial charge in [-0.1, -0.05) is 0 Å². The first-order valence-electron chi connectivity index (χ1n) is 6.27. The summed E-state index contributed by atoms with van der Waals surface area (Å²) in [7, 11) is 1.66. The Balaban J connectivity index is 2.28. The fraction of sp³-hybridized carbons (Fsp3) is 0.200. The van der Waals surface area contributed by atoms with Crippen LogP contribution in [0.1, 0.15) is 11.4 Å². The quantitative estimate of drug-likeness (QED) is 0.693. The molecule has 0 fully saturated rings. The highest BCUT2D eigenvalue weighted by Gasteiger charge is 2.13. The van der Waals surface area contributed by atoms with Gasteiger partial charge in [-0.15, -0.1) is 11.6 Å². The minimum atomic E-state index is 0.347. The van der Waals surface area contributed by atoms with E-state index in [9.17, 15) is 0 Å². The van der Waals surface area contributed by atoms with Crippen molar-refractivity contribution in [2.24, 2.45) is 0 Å². The van der Waals surface area contributed by atoms with E-state index in [0.29, 0.717) is 5.88 Å². The van der Waals surface area contributed by atoms with E-state index >= 15 is 0 Å². The van der Waals surface area contributed by atoms with E-state index in [-0.39, 0.29) is 0 Å². The van der Waals surface area contributed by atoms with Crippen molar-refractivity contribution in [3.8, 4) is 11.4 Å². The number of pyridine rings is 1. The number of imidazole rings is 1. The third kappa shape index (κ3) is 2.02. The second-order valence-electron chi connectivity index (χ2n) is 4.51. The lowest BCUT2D eigenvalue weighted by molar-refractivity contribution is 0.414. The Morgan fingerprint density at radius 1 is 1.30 bits per heavy atom. The van der Waals surface area contributed by atoms with Crippen molar-refractivity contribution >= 4 is 22.6 Å². The van der Waals surface area contributed by atoms with Gasteiger partial charge in [0.15, 0.2) is 0 Å². The van der Waals surface area contributed by atoms with Gasteiger partial charge in [-0.3, -0.25) is 9.55 Å². The molecule has 5 heteroatoms. The normalized spacial score (nSPS) is 10.9. The molecule has 3 aromatic rings. The molecule has 0 aliphatic heterocycles. The monoisotopic (exact) mass is 287 g/mol. The molecule has 1 aromatic carbocycles. The molecule has 0 unspecified atom stereocenters. The molecule has 0 amide bonds. The van der Waals surface area contributed by atoms with Crippen molar-refractivity contribution in [1.82, 2.24) is 14.5 Å². The van der Waals surface area contributed by atoms with Crippen LogP contribution >= 0.6 is 11.6 Å². The lowest BCUT2D eigenvalue weighted by Gasteiger charge is -2.12. The van der Waals surface area contributed by atoms with Crippen molar-refractivity contribution in [1.29, 1.82) is 0 Å². The average molecular weight is 288 g/mol. The van der Waals surface area contributed by atoms with Crippen LogP contribution in [0.15, 0.2) is 36.7 Å². The maximum atomic E-state index is 6.04. The topological polar surface area (TPSA) is 39.9 Å². The summed E-state index contributed by atoms with van der Waals surface area (Å²) in [5.41, 5.74) is 4.00. The molecule has 20 heavy (non-hydrogen) atoms. The highest BCUT2D eigenvalue weighted by atomic mass is 35.5. The van der Waals surface area contributed by atoms with Crippen LogP contribution < -0.4 is 4.74 Å². The first-order chi connectivity index (χ1) is 9.74. The maximum absolute atomic E-state index is 6.04. The first-order valence-corrected chi connectivity index (χ1v) is 6.80. The van der Waals surface area contributed by atoms with Gasteiger partial charge in [-0.05, 0) is 36.8 Å². The van der Waals surface area contributed by atoms with Gasteiger partial charge in [0.2, 0.25) is 0 Å². The van der Waals surface area contributed by atoms with E-state index in [0.717, 1.165) is 33.9 Å². The summed E-state index contributed by atoms with van der Waals surface area (Å²) < 4.78 is 7.32. The second-order valence-corrected chi connectivity index (χ2v) is 4.78. The minimum Gasteiger partial charge on any atom is -0.497 e. The smallest absolute Gasteiger partial charge is 0.129 e.